The van der Waals surface area contributed by atoms with Crippen LogP contribution in [0.4, 0.5) is 0 Å². The van der Waals surface area contributed by atoms with Crippen molar-refractivity contribution in [2.75, 3.05) is 20.1 Å². The molecule has 5 rings (SSSR count). The molecule has 1 atom stereocenters. The Morgan fingerprint density at radius 3 is 2.56 bits per heavy atom. The minimum atomic E-state index is -0.514. The first kappa shape index (κ1) is 22.4. The van der Waals surface area contributed by atoms with Crippen LogP contribution in [0.25, 0.3) is 16.6 Å². The number of hydrogen-bond acceptors (Lipinski definition) is 3. The Kier molecular flexibility index (Phi) is 5.56. The number of benzene rings is 2. The minimum absolute atomic E-state index is 0.280. The second kappa shape index (κ2) is 8.44. The maximum absolute atomic E-state index is 11.5. The lowest BCUT2D eigenvalue weighted by Crippen LogP contribution is -2.42. The Labute approximate surface area is 201 Å². The van der Waals surface area contributed by atoms with E-state index in [1.807, 2.05) is 13.0 Å². The van der Waals surface area contributed by atoms with Gasteiger partial charge in [0.25, 0.3) is 5.91 Å². The summed E-state index contributed by atoms with van der Waals surface area (Å²) in [5.74, 6) is 0.0869. The highest BCUT2D eigenvalue weighted by Crippen LogP contribution is 2.41. The van der Waals surface area contributed by atoms with Crippen LogP contribution >= 0.6 is 0 Å². The number of rotatable bonds is 5. The fourth-order valence-corrected chi connectivity index (χ4v) is 5.61. The highest BCUT2D eigenvalue weighted by Gasteiger charge is 2.35. The van der Waals surface area contributed by atoms with E-state index in [-0.39, 0.29) is 11.1 Å². The molecule has 0 aliphatic carbocycles. The molecule has 1 aliphatic rings. The predicted molar refractivity (Wildman–Crippen MR) is 136 cm³/mol. The Bertz CT molecular complexity index is 1350. The molecule has 0 radical (unpaired) electrons. The largest absolute Gasteiger partial charge is 0.364 e. The monoisotopic (exact) mass is 455 g/mol. The van der Waals surface area contributed by atoms with Crippen molar-refractivity contribution in [2.45, 2.75) is 39.7 Å². The number of likely N-dealkylation sites (tertiary alicyclic amines) is 1. The third kappa shape index (κ3) is 4.14. The van der Waals surface area contributed by atoms with Crippen molar-refractivity contribution in [1.29, 1.82) is 0 Å². The molecule has 0 spiro atoms. The zero-order valence-corrected chi connectivity index (χ0v) is 20.5. The van der Waals surface area contributed by atoms with Gasteiger partial charge in [-0.15, -0.1) is 0 Å². The summed E-state index contributed by atoms with van der Waals surface area (Å²) in [6, 6.07) is 19.3. The van der Waals surface area contributed by atoms with Gasteiger partial charge < -0.3 is 15.2 Å². The number of aryl methyl sites for hydroxylation is 1. The summed E-state index contributed by atoms with van der Waals surface area (Å²) >= 11 is 0. The summed E-state index contributed by atoms with van der Waals surface area (Å²) < 4.78 is 4.04. The average molecular weight is 456 g/mol. The maximum atomic E-state index is 11.5. The lowest BCUT2D eigenvalue weighted by molar-refractivity contribution is 0.0995. The van der Waals surface area contributed by atoms with Crippen LogP contribution in [0.2, 0.25) is 0 Å². The molecule has 34 heavy (non-hydrogen) atoms. The quantitative estimate of drug-likeness (QED) is 0.473. The fraction of sp³-hybridized carbons (Fsp3) is 0.357. The van der Waals surface area contributed by atoms with Crippen LogP contribution in [0.5, 0.6) is 0 Å². The van der Waals surface area contributed by atoms with Gasteiger partial charge in [0.15, 0.2) is 5.69 Å². The molecule has 2 aromatic carbocycles. The molecule has 1 saturated heterocycles. The van der Waals surface area contributed by atoms with Crippen molar-refractivity contribution in [2.24, 2.45) is 11.1 Å². The molecule has 6 nitrogen and oxygen atoms in total. The molecular weight excluding hydrogens is 422 g/mol. The molecule has 1 amide bonds. The molecule has 2 aromatic heterocycles. The van der Waals surface area contributed by atoms with Crippen molar-refractivity contribution in [3.05, 3.63) is 83.3 Å². The van der Waals surface area contributed by atoms with E-state index in [0.29, 0.717) is 5.92 Å². The number of piperidine rings is 1. The van der Waals surface area contributed by atoms with Crippen molar-refractivity contribution in [3.8, 4) is 5.69 Å². The average Bonchev–Trinajstić information content (AvgIpc) is 3.37. The van der Waals surface area contributed by atoms with Gasteiger partial charge in [-0.05, 0) is 79.7 Å². The van der Waals surface area contributed by atoms with E-state index in [1.165, 1.54) is 23.1 Å². The first-order valence-electron chi connectivity index (χ1n) is 11.9. The second-order valence-electron chi connectivity index (χ2n) is 10.4. The summed E-state index contributed by atoms with van der Waals surface area (Å²) in [6.45, 7) is 9.83. The van der Waals surface area contributed by atoms with E-state index < -0.39 is 5.91 Å². The van der Waals surface area contributed by atoms with Crippen LogP contribution in [0.1, 0.15) is 53.5 Å². The number of nitrogens with zero attached hydrogens (tertiary/aromatic N) is 4. The number of carbonyl (C=O) groups excluding carboxylic acids is 1. The SMILES string of the molecule is Cc1cc(C(N)=O)nn1-c1ccc2c(ccn2Cc2ccc(C3CCN(C)CC3(C)C)cc2)c1. The number of nitrogens with two attached hydrogens (primary N) is 1. The lowest BCUT2D eigenvalue weighted by atomic mass is 9.70. The van der Waals surface area contributed by atoms with E-state index >= 15 is 0 Å². The van der Waals surface area contributed by atoms with Gasteiger partial charge in [-0.2, -0.15) is 5.10 Å². The topological polar surface area (TPSA) is 69.1 Å². The highest BCUT2D eigenvalue weighted by molar-refractivity contribution is 5.91. The smallest absolute Gasteiger partial charge is 0.269 e. The molecule has 6 heteroatoms. The first-order chi connectivity index (χ1) is 16.2. The Morgan fingerprint density at radius 2 is 1.88 bits per heavy atom. The van der Waals surface area contributed by atoms with Gasteiger partial charge in [0.1, 0.15) is 0 Å². The number of primary amides is 1. The number of amides is 1. The highest BCUT2D eigenvalue weighted by atomic mass is 16.1. The molecule has 0 bridgehead atoms. The first-order valence-corrected chi connectivity index (χ1v) is 11.9. The van der Waals surface area contributed by atoms with Crippen LogP contribution in [0.3, 0.4) is 0 Å². The van der Waals surface area contributed by atoms with E-state index in [9.17, 15) is 4.79 Å². The third-order valence-corrected chi connectivity index (χ3v) is 7.29. The Morgan fingerprint density at radius 1 is 1.12 bits per heavy atom. The summed E-state index contributed by atoms with van der Waals surface area (Å²) in [5.41, 5.74) is 11.7. The van der Waals surface area contributed by atoms with Gasteiger partial charge in [0, 0.05) is 35.9 Å². The van der Waals surface area contributed by atoms with Crippen LogP contribution in [0.15, 0.2) is 60.8 Å². The van der Waals surface area contributed by atoms with Crippen molar-refractivity contribution in [1.82, 2.24) is 19.2 Å². The van der Waals surface area contributed by atoms with Crippen LogP contribution in [-0.2, 0) is 6.54 Å². The van der Waals surface area contributed by atoms with Crippen LogP contribution < -0.4 is 5.73 Å². The molecule has 1 fully saturated rings. The predicted octanol–water partition coefficient (Wildman–Crippen LogP) is 4.73. The molecular formula is C28H33N5O. The molecule has 1 unspecified atom stereocenters. The number of fused-ring (bicyclic) bond motifs is 1. The zero-order valence-electron chi connectivity index (χ0n) is 20.5. The Balaban J connectivity index is 1.36. The van der Waals surface area contributed by atoms with E-state index in [2.05, 4.69) is 84.1 Å². The van der Waals surface area contributed by atoms with Gasteiger partial charge in [0.2, 0.25) is 0 Å². The molecule has 0 saturated carbocycles. The maximum Gasteiger partial charge on any atom is 0.269 e. The summed E-state index contributed by atoms with van der Waals surface area (Å²) in [5, 5.41) is 5.49. The summed E-state index contributed by atoms with van der Waals surface area (Å²) in [6.07, 6.45) is 3.34. The normalized spacial score (nSPS) is 18.4. The van der Waals surface area contributed by atoms with Crippen LogP contribution in [0, 0.1) is 12.3 Å². The molecule has 2 N–H and O–H groups in total. The van der Waals surface area contributed by atoms with Gasteiger partial charge in [0.05, 0.1) is 5.69 Å². The van der Waals surface area contributed by atoms with E-state index in [0.717, 1.165) is 36.4 Å². The van der Waals surface area contributed by atoms with Gasteiger partial charge in [-0.1, -0.05) is 38.1 Å². The third-order valence-electron chi connectivity index (χ3n) is 7.29. The number of hydrogen-bond donors (Lipinski definition) is 1. The van der Waals surface area contributed by atoms with Crippen molar-refractivity contribution in [3.63, 3.8) is 0 Å². The van der Waals surface area contributed by atoms with Crippen molar-refractivity contribution < 1.29 is 4.79 Å². The van der Waals surface area contributed by atoms with E-state index in [1.54, 1.807) is 10.7 Å². The second-order valence-corrected chi connectivity index (χ2v) is 10.4. The molecule has 3 heterocycles. The fourth-order valence-electron chi connectivity index (χ4n) is 5.61. The zero-order chi connectivity index (χ0) is 24.0. The Hall–Kier alpha value is -3.38. The summed E-state index contributed by atoms with van der Waals surface area (Å²) in [7, 11) is 2.22. The van der Waals surface area contributed by atoms with Gasteiger partial charge >= 0.3 is 0 Å². The molecule has 176 valence electrons. The standard InChI is InChI=1S/C28H33N5O/c1-19-15-25(27(29)34)30-33(19)23-9-10-26-22(16-23)11-14-32(26)17-20-5-7-21(8-6-20)24-12-13-31(4)18-28(24,2)3/h5-11,14-16,24H,12-13,17-18H2,1-4H3,(H2,29,34). The van der Waals surface area contributed by atoms with E-state index in [4.69, 9.17) is 5.73 Å². The summed E-state index contributed by atoms with van der Waals surface area (Å²) in [4.78, 5) is 13.9. The molecule has 4 aromatic rings. The lowest BCUT2D eigenvalue weighted by Gasteiger charge is -2.43. The number of aromatic nitrogens is 3. The number of carbonyl (C=O) groups is 1. The van der Waals surface area contributed by atoms with Gasteiger partial charge in [-0.25, -0.2) is 4.68 Å². The van der Waals surface area contributed by atoms with Gasteiger partial charge in [-0.3, -0.25) is 4.79 Å². The van der Waals surface area contributed by atoms with Crippen LogP contribution in [-0.4, -0.2) is 45.3 Å². The minimum Gasteiger partial charge on any atom is -0.364 e. The van der Waals surface area contributed by atoms with Crippen molar-refractivity contribution >= 4 is 16.8 Å². The molecule has 1 aliphatic heterocycles.